The van der Waals surface area contributed by atoms with E-state index in [4.69, 9.17) is 4.42 Å². The summed E-state index contributed by atoms with van der Waals surface area (Å²) in [5.74, 6) is 0.178. The Kier molecular flexibility index (Phi) is 5.47. The van der Waals surface area contributed by atoms with Gasteiger partial charge in [0.2, 0.25) is 15.9 Å². The van der Waals surface area contributed by atoms with Crippen molar-refractivity contribution in [3.05, 3.63) is 59.4 Å². The van der Waals surface area contributed by atoms with E-state index in [1.807, 2.05) is 6.07 Å². The Balaban J connectivity index is 1.78. The lowest BCUT2D eigenvalue weighted by Gasteiger charge is -2.10. The van der Waals surface area contributed by atoms with Crippen molar-refractivity contribution in [3.63, 3.8) is 0 Å². The van der Waals surface area contributed by atoms with Crippen LogP contribution in [0.1, 0.15) is 36.5 Å². The number of carbonyl (C=O) groups is 1. The molecule has 0 radical (unpaired) electrons. The largest absolute Gasteiger partial charge is 0.464 e. The molecule has 0 spiro atoms. The van der Waals surface area contributed by atoms with E-state index in [9.17, 15) is 13.2 Å². The molecule has 0 unspecified atom stereocenters. The summed E-state index contributed by atoms with van der Waals surface area (Å²) in [4.78, 5) is 12.5. The van der Waals surface area contributed by atoms with E-state index in [1.165, 1.54) is 11.1 Å². The number of aryl methyl sites for hydroxylation is 1. The molecule has 2 N–H and O–H groups in total. The smallest absolute Gasteiger partial charge is 0.229 e. The highest BCUT2D eigenvalue weighted by Gasteiger charge is 2.14. The second-order valence-corrected chi connectivity index (χ2v) is 9.05. The molecule has 3 aromatic rings. The predicted molar refractivity (Wildman–Crippen MR) is 112 cm³/mol. The maximum Gasteiger partial charge on any atom is 0.229 e. The molecule has 0 saturated carbocycles. The molecule has 6 nitrogen and oxygen atoms in total. The fourth-order valence-electron chi connectivity index (χ4n) is 3.26. The van der Waals surface area contributed by atoms with Gasteiger partial charge in [-0.3, -0.25) is 9.52 Å². The maximum atomic E-state index is 12.5. The number of rotatable bonds is 6. The van der Waals surface area contributed by atoms with E-state index in [2.05, 4.69) is 36.9 Å². The third-order valence-corrected chi connectivity index (χ3v) is 5.07. The summed E-state index contributed by atoms with van der Waals surface area (Å²) < 4.78 is 30.7. The highest BCUT2D eigenvalue weighted by Crippen LogP contribution is 2.29. The lowest BCUT2D eigenvalue weighted by Crippen LogP contribution is -2.15. The van der Waals surface area contributed by atoms with Gasteiger partial charge in [-0.2, -0.15) is 0 Å². The van der Waals surface area contributed by atoms with Crippen LogP contribution in [0.3, 0.4) is 0 Å². The molecule has 3 rings (SSSR count). The molecular formula is C21H24N2O4S. The van der Waals surface area contributed by atoms with Crippen molar-refractivity contribution in [2.75, 3.05) is 16.3 Å². The first-order valence-electron chi connectivity index (χ1n) is 9.00. The number of benzene rings is 2. The molecule has 0 saturated heterocycles. The van der Waals surface area contributed by atoms with Crippen LogP contribution in [0.5, 0.6) is 0 Å². The number of amides is 1. The number of furan rings is 1. The van der Waals surface area contributed by atoms with Crippen molar-refractivity contribution in [1.82, 2.24) is 0 Å². The normalized spacial score (nSPS) is 11.8. The van der Waals surface area contributed by atoms with Gasteiger partial charge in [-0.05, 0) is 54.3 Å². The van der Waals surface area contributed by atoms with Crippen LogP contribution in [0, 0.1) is 6.92 Å². The molecule has 1 aromatic heterocycles. The van der Waals surface area contributed by atoms with Crippen LogP contribution < -0.4 is 10.0 Å². The lowest BCUT2D eigenvalue weighted by molar-refractivity contribution is -0.115. The standard InChI is InChI=1S/C21H24N2O4S/c1-13(2)18-11-19-15(12-27-20(19)8-14(18)3)9-21(24)22-16-6-5-7-17(10-16)23-28(4,25)26/h5-8,10-13,23H,9H2,1-4H3,(H,22,24). The van der Waals surface area contributed by atoms with Crippen molar-refractivity contribution in [2.24, 2.45) is 0 Å². The molecule has 0 fully saturated rings. The number of fused-ring (bicyclic) bond motifs is 1. The van der Waals surface area contributed by atoms with Crippen LogP contribution in [0.2, 0.25) is 0 Å². The Labute approximate surface area is 165 Å². The van der Waals surface area contributed by atoms with E-state index in [1.54, 1.807) is 30.5 Å². The highest BCUT2D eigenvalue weighted by molar-refractivity contribution is 7.92. The average Bonchev–Trinajstić information content (AvgIpc) is 2.94. The fourth-order valence-corrected chi connectivity index (χ4v) is 3.81. The van der Waals surface area contributed by atoms with E-state index in [0.717, 1.165) is 22.8 Å². The van der Waals surface area contributed by atoms with Crippen molar-refractivity contribution in [2.45, 2.75) is 33.1 Å². The van der Waals surface area contributed by atoms with Gasteiger partial charge in [-0.1, -0.05) is 19.9 Å². The number of hydrogen-bond acceptors (Lipinski definition) is 4. The molecule has 0 aliphatic carbocycles. The zero-order chi connectivity index (χ0) is 20.5. The van der Waals surface area contributed by atoms with Gasteiger partial charge in [0.15, 0.2) is 0 Å². The summed E-state index contributed by atoms with van der Waals surface area (Å²) in [5, 5.41) is 3.75. The Bertz CT molecular complexity index is 1130. The Hall–Kier alpha value is -2.80. The monoisotopic (exact) mass is 400 g/mol. The third kappa shape index (κ3) is 4.72. The zero-order valence-corrected chi connectivity index (χ0v) is 17.2. The van der Waals surface area contributed by atoms with Crippen molar-refractivity contribution >= 4 is 38.3 Å². The molecule has 1 amide bonds. The number of anilines is 2. The minimum Gasteiger partial charge on any atom is -0.464 e. The van der Waals surface area contributed by atoms with Crippen molar-refractivity contribution in [1.29, 1.82) is 0 Å². The molecule has 0 aliphatic heterocycles. The molecule has 28 heavy (non-hydrogen) atoms. The Morgan fingerprint density at radius 3 is 2.54 bits per heavy atom. The second-order valence-electron chi connectivity index (χ2n) is 7.30. The number of carbonyl (C=O) groups excluding carboxylic acids is 1. The molecular weight excluding hydrogens is 376 g/mol. The first kappa shape index (κ1) is 19.9. The first-order chi connectivity index (χ1) is 13.1. The van der Waals surface area contributed by atoms with Gasteiger partial charge in [0.25, 0.3) is 0 Å². The Morgan fingerprint density at radius 2 is 1.86 bits per heavy atom. The lowest BCUT2D eigenvalue weighted by atomic mass is 9.95. The quantitative estimate of drug-likeness (QED) is 0.641. The molecule has 7 heteroatoms. The van der Waals surface area contributed by atoms with Crippen LogP contribution in [-0.2, 0) is 21.2 Å². The second kappa shape index (κ2) is 7.67. The molecule has 0 bridgehead atoms. The summed E-state index contributed by atoms with van der Waals surface area (Å²) in [6.07, 6.45) is 2.86. The SMILES string of the molecule is Cc1cc2occ(CC(=O)Nc3cccc(NS(C)(=O)=O)c3)c2cc1C(C)C. The average molecular weight is 401 g/mol. The molecule has 0 atom stereocenters. The van der Waals surface area contributed by atoms with Gasteiger partial charge in [0.1, 0.15) is 5.58 Å². The van der Waals surface area contributed by atoms with Crippen LogP contribution >= 0.6 is 0 Å². The first-order valence-corrected chi connectivity index (χ1v) is 10.9. The number of sulfonamides is 1. The molecule has 0 aliphatic rings. The van der Waals surface area contributed by atoms with Crippen LogP contribution in [0.4, 0.5) is 11.4 Å². The van der Waals surface area contributed by atoms with Gasteiger partial charge in [-0.25, -0.2) is 8.42 Å². The molecule has 148 valence electrons. The summed E-state index contributed by atoms with van der Waals surface area (Å²) in [6, 6.07) is 10.7. The highest BCUT2D eigenvalue weighted by atomic mass is 32.2. The minimum absolute atomic E-state index is 0.164. The van der Waals surface area contributed by atoms with Crippen molar-refractivity contribution in [3.8, 4) is 0 Å². The fraction of sp³-hybridized carbons (Fsp3) is 0.286. The predicted octanol–water partition coefficient (Wildman–Crippen LogP) is 4.42. The van der Waals surface area contributed by atoms with Gasteiger partial charge in [0, 0.05) is 16.6 Å². The van der Waals surface area contributed by atoms with Gasteiger partial charge in [0.05, 0.1) is 24.6 Å². The topological polar surface area (TPSA) is 88.4 Å². The third-order valence-electron chi connectivity index (χ3n) is 4.46. The number of hydrogen-bond donors (Lipinski definition) is 2. The summed E-state index contributed by atoms with van der Waals surface area (Å²) >= 11 is 0. The van der Waals surface area contributed by atoms with Crippen LogP contribution in [0.25, 0.3) is 11.0 Å². The zero-order valence-electron chi connectivity index (χ0n) is 16.4. The molecule has 1 heterocycles. The van der Waals surface area contributed by atoms with Gasteiger partial charge in [-0.15, -0.1) is 0 Å². The maximum absolute atomic E-state index is 12.5. The summed E-state index contributed by atoms with van der Waals surface area (Å²) in [6.45, 7) is 6.33. The summed E-state index contributed by atoms with van der Waals surface area (Å²) in [5.41, 5.74) is 4.90. The van der Waals surface area contributed by atoms with E-state index < -0.39 is 10.0 Å². The van der Waals surface area contributed by atoms with E-state index in [0.29, 0.717) is 17.3 Å². The van der Waals surface area contributed by atoms with Crippen LogP contribution in [0.15, 0.2) is 47.1 Å². The van der Waals surface area contributed by atoms with E-state index >= 15 is 0 Å². The summed E-state index contributed by atoms with van der Waals surface area (Å²) in [7, 11) is -3.38. The van der Waals surface area contributed by atoms with Gasteiger partial charge < -0.3 is 9.73 Å². The molecule has 2 aromatic carbocycles. The van der Waals surface area contributed by atoms with Crippen molar-refractivity contribution < 1.29 is 17.6 Å². The van der Waals surface area contributed by atoms with Gasteiger partial charge >= 0.3 is 0 Å². The minimum atomic E-state index is -3.38. The Morgan fingerprint density at radius 1 is 1.14 bits per heavy atom. The van der Waals surface area contributed by atoms with E-state index in [-0.39, 0.29) is 12.3 Å². The number of nitrogens with one attached hydrogen (secondary N) is 2. The van der Waals surface area contributed by atoms with Crippen LogP contribution in [-0.4, -0.2) is 20.6 Å².